The molecule has 0 aliphatic rings. The fourth-order valence-corrected chi connectivity index (χ4v) is 2.23. The van der Waals surface area contributed by atoms with Crippen LogP contribution in [0.5, 0.6) is 0 Å². The summed E-state index contributed by atoms with van der Waals surface area (Å²) in [6, 6.07) is 5.76. The molecule has 0 amide bonds. The van der Waals surface area contributed by atoms with Crippen molar-refractivity contribution in [1.29, 1.82) is 0 Å². The summed E-state index contributed by atoms with van der Waals surface area (Å²) < 4.78 is 14.6. The van der Waals surface area contributed by atoms with E-state index in [0.29, 0.717) is 18.4 Å². The maximum atomic E-state index is 13.3. The predicted molar refractivity (Wildman–Crippen MR) is 69.4 cm³/mol. The Balaban J connectivity index is 2.60. The molecule has 1 aromatic carbocycles. The average Bonchev–Trinajstić information content (AvgIpc) is 2.90. The van der Waals surface area contributed by atoms with E-state index in [2.05, 4.69) is 15.5 Å². The lowest BCUT2D eigenvalue weighted by atomic mass is 9.92. The fraction of sp³-hybridized carbons (Fsp3) is 0.385. The van der Waals surface area contributed by atoms with E-state index in [4.69, 9.17) is 0 Å². The molecule has 0 radical (unpaired) electrons. The number of hydrogen-bond acceptors (Lipinski definition) is 4. The smallest absolute Gasteiger partial charge is 0.331 e. The van der Waals surface area contributed by atoms with Gasteiger partial charge in [0.2, 0.25) is 0 Å². The van der Waals surface area contributed by atoms with Gasteiger partial charge in [0.15, 0.2) is 11.4 Å². The molecule has 20 heavy (non-hydrogen) atoms. The molecule has 0 aliphatic carbocycles. The molecule has 6 nitrogen and oxygen atoms in total. The van der Waals surface area contributed by atoms with Crippen molar-refractivity contribution in [3.8, 4) is 11.4 Å². The normalized spacial score (nSPS) is 11.6. The van der Waals surface area contributed by atoms with Crippen molar-refractivity contribution in [1.82, 2.24) is 20.2 Å². The first kappa shape index (κ1) is 14.1. The van der Waals surface area contributed by atoms with E-state index in [1.807, 2.05) is 0 Å². The van der Waals surface area contributed by atoms with Gasteiger partial charge in [-0.05, 0) is 35.4 Å². The van der Waals surface area contributed by atoms with Crippen LogP contribution in [0.4, 0.5) is 4.39 Å². The summed E-state index contributed by atoms with van der Waals surface area (Å²) >= 11 is 0. The van der Waals surface area contributed by atoms with Gasteiger partial charge >= 0.3 is 5.97 Å². The van der Waals surface area contributed by atoms with Crippen molar-refractivity contribution < 1.29 is 14.3 Å². The van der Waals surface area contributed by atoms with E-state index in [1.54, 1.807) is 19.9 Å². The summed E-state index contributed by atoms with van der Waals surface area (Å²) in [5, 5.41) is 20.7. The Kier molecular flexibility index (Phi) is 3.78. The molecule has 7 heteroatoms. The highest BCUT2D eigenvalue weighted by atomic mass is 19.1. The maximum Gasteiger partial charge on any atom is 0.331 e. The van der Waals surface area contributed by atoms with Gasteiger partial charge in [-0.2, -0.15) is 0 Å². The SMILES string of the molecule is CCC(CC)(C(=O)O)n1nnnc1-c1cccc(F)c1. The number of hydrogen-bond donors (Lipinski definition) is 1. The third-order valence-electron chi connectivity index (χ3n) is 3.53. The standard InChI is InChI=1S/C13H15FN4O2/c1-3-13(4-2,12(19)20)18-11(15-16-17-18)9-6-5-7-10(14)8-9/h5-8H,3-4H2,1-2H3,(H,19,20). The molecule has 0 fully saturated rings. The predicted octanol–water partition coefficient (Wildman–Crippen LogP) is 2.08. The molecule has 1 N–H and O–H groups in total. The molecule has 2 aromatic rings. The van der Waals surface area contributed by atoms with Crippen molar-refractivity contribution >= 4 is 5.97 Å². The van der Waals surface area contributed by atoms with Crippen molar-refractivity contribution in [3.63, 3.8) is 0 Å². The second-order valence-corrected chi connectivity index (χ2v) is 4.47. The number of carbonyl (C=O) groups is 1. The number of nitrogens with zero attached hydrogens (tertiary/aromatic N) is 4. The molecule has 0 atom stereocenters. The molecule has 0 aliphatic heterocycles. The largest absolute Gasteiger partial charge is 0.479 e. The second kappa shape index (κ2) is 5.36. The summed E-state index contributed by atoms with van der Waals surface area (Å²) in [7, 11) is 0. The molecule has 1 heterocycles. The Hall–Kier alpha value is -2.31. The van der Waals surface area contributed by atoms with Crippen LogP contribution in [0.3, 0.4) is 0 Å². The van der Waals surface area contributed by atoms with Gasteiger partial charge in [-0.15, -0.1) is 5.10 Å². The zero-order valence-corrected chi connectivity index (χ0v) is 11.2. The van der Waals surface area contributed by atoms with E-state index >= 15 is 0 Å². The quantitative estimate of drug-likeness (QED) is 0.905. The van der Waals surface area contributed by atoms with Gasteiger partial charge in [0, 0.05) is 5.56 Å². The third-order valence-corrected chi connectivity index (χ3v) is 3.53. The van der Waals surface area contributed by atoms with Crippen molar-refractivity contribution in [3.05, 3.63) is 30.1 Å². The number of carboxylic acids is 1. The number of carboxylic acid groups (broad SMARTS) is 1. The summed E-state index contributed by atoms with van der Waals surface area (Å²) in [5.74, 6) is -1.19. The van der Waals surface area contributed by atoms with Gasteiger partial charge in [-0.3, -0.25) is 0 Å². The summed E-state index contributed by atoms with van der Waals surface area (Å²) in [5.41, 5.74) is -0.784. The van der Waals surface area contributed by atoms with Gasteiger partial charge in [0.25, 0.3) is 0 Å². The van der Waals surface area contributed by atoms with Crippen molar-refractivity contribution in [2.45, 2.75) is 32.2 Å². The van der Waals surface area contributed by atoms with E-state index in [9.17, 15) is 14.3 Å². The minimum absolute atomic E-state index is 0.246. The summed E-state index contributed by atoms with van der Waals surface area (Å²) in [4.78, 5) is 11.6. The van der Waals surface area contributed by atoms with E-state index in [1.165, 1.54) is 22.9 Å². The highest BCUT2D eigenvalue weighted by molar-refractivity contribution is 5.77. The number of halogens is 1. The zero-order chi connectivity index (χ0) is 14.8. The van der Waals surface area contributed by atoms with Crippen LogP contribution in [0.25, 0.3) is 11.4 Å². The third kappa shape index (κ3) is 2.15. The Labute approximate surface area is 115 Å². The summed E-state index contributed by atoms with van der Waals surface area (Å²) in [6.45, 7) is 3.52. The number of benzene rings is 1. The van der Waals surface area contributed by atoms with Crippen LogP contribution in [0.15, 0.2) is 24.3 Å². The van der Waals surface area contributed by atoms with E-state index in [0.717, 1.165) is 0 Å². The highest BCUT2D eigenvalue weighted by Gasteiger charge is 2.40. The number of aliphatic carboxylic acids is 1. The van der Waals surface area contributed by atoms with Crippen LogP contribution in [-0.2, 0) is 10.3 Å². The molecule has 106 valence electrons. The van der Waals surface area contributed by atoms with Crippen LogP contribution in [-0.4, -0.2) is 31.3 Å². The Bertz CT molecular complexity index is 622. The topological polar surface area (TPSA) is 80.9 Å². The Morgan fingerprint density at radius 3 is 2.65 bits per heavy atom. The number of rotatable bonds is 5. The minimum Gasteiger partial charge on any atom is -0.479 e. The van der Waals surface area contributed by atoms with Crippen LogP contribution >= 0.6 is 0 Å². The lowest BCUT2D eigenvalue weighted by molar-refractivity contribution is -0.148. The average molecular weight is 278 g/mol. The number of aromatic nitrogens is 4. The van der Waals surface area contributed by atoms with E-state index < -0.39 is 17.3 Å². The fourth-order valence-electron chi connectivity index (χ4n) is 2.23. The second-order valence-electron chi connectivity index (χ2n) is 4.47. The molecule has 0 saturated carbocycles. The van der Waals surface area contributed by atoms with E-state index in [-0.39, 0.29) is 5.82 Å². The number of tetrazole rings is 1. The minimum atomic E-state index is -1.23. The maximum absolute atomic E-state index is 13.3. The van der Waals surface area contributed by atoms with Crippen LogP contribution in [0.2, 0.25) is 0 Å². The van der Waals surface area contributed by atoms with Crippen molar-refractivity contribution in [2.75, 3.05) is 0 Å². The Morgan fingerprint density at radius 1 is 1.40 bits per heavy atom. The molecular formula is C13H15FN4O2. The molecular weight excluding hydrogens is 263 g/mol. The van der Waals surface area contributed by atoms with Gasteiger partial charge < -0.3 is 5.11 Å². The lowest BCUT2D eigenvalue weighted by Gasteiger charge is -2.27. The first-order valence-corrected chi connectivity index (χ1v) is 6.33. The first-order chi connectivity index (χ1) is 9.55. The highest BCUT2D eigenvalue weighted by Crippen LogP contribution is 2.29. The van der Waals surface area contributed by atoms with Crippen LogP contribution in [0, 0.1) is 5.82 Å². The Morgan fingerprint density at radius 2 is 2.10 bits per heavy atom. The van der Waals surface area contributed by atoms with Crippen LogP contribution < -0.4 is 0 Å². The van der Waals surface area contributed by atoms with Gasteiger partial charge in [0.1, 0.15) is 5.82 Å². The monoisotopic (exact) mass is 278 g/mol. The van der Waals surface area contributed by atoms with Gasteiger partial charge in [-0.25, -0.2) is 13.9 Å². The van der Waals surface area contributed by atoms with Crippen LogP contribution in [0.1, 0.15) is 26.7 Å². The molecule has 1 aromatic heterocycles. The first-order valence-electron chi connectivity index (χ1n) is 6.33. The zero-order valence-electron chi connectivity index (χ0n) is 11.2. The summed E-state index contributed by atoms with van der Waals surface area (Å²) in [6.07, 6.45) is 0.651. The molecule has 0 saturated heterocycles. The van der Waals surface area contributed by atoms with Gasteiger partial charge in [-0.1, -0.05) is 26.0 Å². The molecule has 2 rings (SSSR count). The van der Waals surface area contributed by atoms with Crippen molar-refractivity contribution in [2.24, 2.45) is 0 Å². The molecule has 0 unspecified atom stereocenters. The molecule has 0 bridgehead atoms. The lowest BCUT2D eigenvalue weighted by Crippen LogP contribution is -2.42. The van der Waals surface area contributed by atoms with Gasteiger partial charge in [0.05, 0.1) is 0 Å². The molecule has 0 spiro atoms.